The van der Waals surface area contributed by atoms with E-state index in [9.17, 15) is 9.59 Å². The van der Waals surface area contributed by atoms with Crippen LogP contribution in [0.2, 0.25) is 0 Å². The van der Waals surface area contributed by atoms with Gasteiger partial charge in [0.25, 0.3) is 5.91 Å². The molecule has 0 fully saturated rings. The van der Waals surface area contributed by atoms with Crippen LogP contribution in [0, 0.1) is 0 Å². The van der Waals surface area contributed by atoms with Crippen LogP contribution >= 0.6 is 12.2 Å². The van der Waals surface area contributed by atoms with E-state index in [4.69, 9.17) is 17.0 Å². The van der Waals surface area contributed by atoms with Crippen molar-refractivity contribution in [1.29, 1.82) is 0 Å². The number of benzene rings is 2. The molecule has 0 heterocycles. The molecule has 0 aromatic heterocycles. The fourth-order valence-corrected chi connectivity index (χ4v) is 2.71. The minimum absolute atomic E-state index is 0.0435. The van der Waals surface area contributed by atoms with Crippen molar-refractivity contribution in [3.05, 3.63) is 65.7 Å². The number of hydrazine groups is 1. The van der Waals surface area contributed by atoms with E-state index >= 15 is 0 Å². The van der Waals surface area contributed by atoms with Crippen molar-refractivity contribution in [3.63, 3.8) is 0 Å². The predicted molar refractivity (Wildman–Crippen MR) is 118 cm³/mol. The summed E-state index contributed by atoms with van der Waals surface area (Å²) in [6, 6.07) is 16.9. The van der Waals surface area contributed by atoms with Crippen LogP contribution in [0.1, 0.15) is 48.5 Å². The van der Waals surface area contributed by atoms with E-state index in [1.165, 1.54) is 5.56 Å². The highest BCUT2D eigenvalue weighted by molar-refractivity contribution is 7.80. The van der Waals surface area contributed by atoms with Crippen molar-refractivity contribution in [2.75, 3.05) is 6.61 Å². The highest BCUT2D eigenvalue weighted by Gasteiger charge is 2.09. The summed E-state index contributed by atoms with van der Waals surface area (Å²) in [6.45, 7) is 2.63. The molecule has 2 amide bonds. The summed E-state index contributed by atoms with van der Waals surface area (Å²) >= 11 is 5.03. The van der Waals surface area contributed by atoms with Gasteiger partial charge in [-0.05, 0) is 48.5 Å². The Morgan fingerprint density at radius 3 is 2.38 bits per heavy atom. The highest BCUT2D eigenvalue weighted by Crippen LogP contribution is 2.13. The van der Waals surface area contributed by atoms with Crippen LogP contribution in [0.4, 0.5) is 0 Å². The number of thiocarbonyl (C=S) groups is 1. The molecule has 0 saturated heterocycles. The van der Waals surface area contributed by atoms with E-state index in [0.29, 0.717) is 24.3 Å². The second-order valence-corrected chi connectivity index (χ2v) is 6.93. The van der Waals surface area contributed by atoms with Crippen LogP contribution in [0.3, 0.4) is 0 Å². The number of nitrogens with one attached hydrogen (secondary N) is 3. The molecule has 2 aromatic rings. The fourth-order valence-electron chi connectivity index (χ4n) is 2.57. The molecule has 2 rings (SSSR count). The number of hydrogen-bond donors (Lipinski definition) is 3. The summed E-state index contributed by atoms with van der Waals surface area (Å²) in [5.74, 6) is 0.170. The Kier molecular flexibility index (Phi) is 9.65. The normalized spacial score (nSPS) is 10.1. The Hall–Kier alpha value is -2.93. The van der Waals surface area contributed by atoms with Gasteiger partial charge in [-0.25, -0.2) is 0 Å². The van der Waals surface area contributed by atoms with E-state index in [0.717, 1.165) is 25.7 Å². The number of hydrogen-bond acceptors (Lipinski definition) is 4. The lowest BCUT2D eigenvalue weighted by molar-refractivity contribution is -0.121. The van der Waals surface area contributed by atoms with Crippen LogP contribution in [0.5, 0.6) is 5.75 Å². The molecule has 0 aliphatic rings. The van der Waals surface area contributed by atoms with Gasteiger partial charge in [-0.2, -0.15) is 0 Å². The van der Waals surface area contributed by atoms with Gasteiger partial charge in [0, 0.05) is 18.4 Å². The second-order valence-electron chi connectivity index (χ2n) is 6.52. The van der Waals surface area contributed by atoms with Crippen molar-refractivity contribution in [3.8, 4) is 5.75 Å². The van der Waals surface area contributed by atoms with Gasteiger partial charge in [-0.15, -0.1) is 0 Å². The highest BCUT2D eigenvalue weighted by atomic mass is 32.1. The first-order chi connectivity index (χ1) is 14.1. The first-order valence-electron chi connectivity index (χ1n) is 9.75. The van der Waals surface area contributed by atoms with Gasteiger partial charge >= 0.3 is 0 Å². The van der Waals surface area contributed by atoms with Gasteiger partial charge < -0.3 is 4.74 Å². The molecule has 6 nitrogen and oxygen atoms in total. The molecule has 0 aliphatic carbocycles. The van der Waals surface area contributed by atoms with Gasteiger partial charge in [0.1, 0.15) is 5.75 Å². The summed E-state index contributed by atoms with van der Waals surface area (Å²) in [6.07, 6.45) is 4.10. The molecular formula is C22H27N3O3S. The number of rotatable bonds is 9. The van der Waals surface area contributed by atoms with Crippen molar-refractivity contribution >= 4 is 29.1 Å². The quantitative estimate of drug-likeness (QED) is 0.333. The van der Waals surface area contributed by atoms with Gasteiger partial charge in [0.05, 0.1) is 6.61 Å². The Balaban J connectivity index is 1.70. The Morgan fingerprint density at radius 1 is 0.966 bits per heavy atom. The molecule has 0 saturated carbocycles. The molecule has 154 valence electrons. The molecule has 0 radical (unpaired) electrons. The standard InChI is InChI=1S/C22H27N3O3S/c1-2-3-5-10-20(26)24-25-22(29)23-21(27)18-11-13-19(14-12-18)28-16-15-17-8-6-4-7-9-17/h4,6-9,11-14H,2-3,5,10,15-16H2,1H3,(H,24,26)(H2,23,25,27,29). The number of carbonyl (C=O) groups excluding carboxylic acids is 2. The third kappa shape index (κ3) is 8.74. The topological polar surface area (TPSA) is 79.5 Å². The number of unbranched alkanes of at least 4 members (excludes halogenated alkanes) is 2. The first-order valence-corrected chi connectivity index (χ1v) is 10.2. The smallest absolute Gasteiger partial charge is 0.257 e. The van der Waals surface area contributed by atoms with Gasteiger partial charge in [-0.1, -0.05) is 50.1 Å². The second kappa shape index (κ2) is 12.5. The molecule has 0 aliphatic heterocycles. The van der Waals surface area contributed by atoms with Crippen LogP contribution in [-0.4, -0.2) is 23.5 Å². The number of ether oxygens (including phenoxy) is 1. The maximum atomic E-state index is 12.2. The van der Waals surface area contributed by atoms with Gasteiger partial charge in [0.2, 0.25) is 5.91 Å². The molecule has 0 atom stereocenters. The molecule has 0 spiro atoms. The molecule has 7 heteroatoms. The maximum Gasteiger partial charge on any atom is 0.257 e. The minimum atomic E-state index is -0.362. The minimum Gasteiger partial charge on any atom is -0.493 e. The summed E-state index contributed by atoms with van der Waals surface area (Å²) in [7, 11) is 0. The SMILES string of the molecule is CCCCCC(=O)NNC(=S)NC(=O)c1ccc(OCCc2ccccc2)cc1. The average molecular weight is 414 g/mol. The Morgan fingerprint density at radius 2 is 1.69 bits per heavy atom. The third-order valence-corrected chi connectivity index (χ3v) is 4.37. The van der Waals surface area contributed by atoms with Crippen molar-refractivity contribution < 1.29 is 14.3 Å². The average Bonchev–Trinajstić information content (AvgIpc) is 2.74. The van der Waals surface area contributed by atoms with Crippen LogP contribution in [0.25, 0.3) is 0 Å². The van der Waals surface area contributed by atoms with Gasteiger partial charge in [-0.3, -0.25) is 25.8 Å². The van der Waals surface area contributed by atoms with Gasteiger partial charge in [0.15, 0.2) is 5.11 Å². The van der Waals surface area contributed by atoms with Crippen LogP contribution in [0.15, 0.2) is 54.6 Å². The predicted octanol–water partition coefficient (Wildman–Crippen LogP) is 3.52. The van der Waals surface area contributed by atoms with Crippen LogP contribution < -0.4 is 20.9 Å². The summed E-state index contributed by atoms with van der Waals surface area (Å²) in [4.78, 5) is 23.9. The zero-order valence-corrected chi connectivity index (χ0v) is 17.4. The van der Waals surface area contributed by atoms with E-state index in [-0.39, 0.29) is 16.9 Å². The Labute approximate surface area is 177 Å². The molecule has 2 aromatic carbocycles. The summed E-state index contributed by atoms with van der Waals surface area (Å²) in [5, 5.41) is 2.57. The zero-order valence-electron chi connectivity index (χ0n) is 16.6. The monoisotopic (exact) mass is 413 g/mol. The largest absolute Gasteiger partial charge is 0.493 e. The summed E-state index contributed by atoms with van der Waals surface area (Å²) in [5.41, 5.74) is 6.67. The van der Waals surface area contributed by atoms with E-state index in [2.05, 4.69) is 35.2 Å². The van der Waals surface area contributed by atoms with Crippen molar-refractivity contribution in [2.45, 2.75) is 39.0 Å². The van der Waals surface area contributed by atoms with E-state index < -0.39 is 0 Å². The lowest BCUT2D eigenvalue weighted by atomic mass is 10.2. The molecule has 29 heavy (non-hydrogen) atoms. The lowest BCUT2D eigenvalue weighted by Gasteiger charge is -2.11. The zero-order chi connectivity index (χ0) is 20.9. The summed E-state index contributed by atoms with van der Waals surface area (Å²) < 4.78 is 5.71. The molecule has 0 unspecified atom stereocenters. The fraction of sp³-hybridized carbons (Fsp3) is 0.318. The third-order valence-electron chi connectivity index (χ3n) is 4.17. The number of amides is 2. The van der Waals surface area contributed by atoms with E-state index in [1.54, 1.807) is 24.3 Å². The maximum absolute atomic E-state index is 12.2. The molecular weight excluding hydrogens is 386 g/mol. The van der Waals surface area contributed by atoms with Crippen molar-refractivity contribution in [1.82, 2.24) is 16.2 Å². The molecule has 3 N–H and O–H groups in total. The molecule has 0 bridgehead atoms. The van der Waals surface area contributed by atoms with Crippen LogP contribution in [-0.2, 0) is 11.2 Å². The van der Waals surface area contributed by atoms with E-state index in [1.807, 2.05) is 18.2 Å². The lowest BCUT2D eigenvalue weighted by Crippen LogP contribution is -2.48. The first kappa shape index (κ1) is 22.4. The Bertz CT molecular complexity index is 795. The number of carbonyl (C=O) groups is 2. The van der Waals surface area contributed by atoms with Crippen molar-refractivity contribution in [2.24, 2.45) is 0 Å².